The summed E-state index contributed by atoms with van der Waals surface area (Å²) in [6.07, 6.45) is 2.03. The summed E-state index contributed by atoms with van der Waals surface area (Å²) in [5.74, 6) is 1.51. The fourth-order valence-electron chi connectivity index (χ4n) is 2.71. The van der Waals surface area contributed by atoms with Crippen molar-refractivity contribution in [2.24, 2.45) is 0 Å². The topological polar surface area (TPSA) is 51.2 Å². The lowest BCUT2D eigenvalue weighted by molar-refractivity contribution is -0.0107. The molecule has 0 radical (unpaired) electrons. The molecule has 0 saturated heterocycles. The molecule has 0 aliphatic heterocycles. The van der Waals surface area contributed by atoms with E-state index < -0.39 is 6.10 Å². The van der Waals surface area contributed by atoms with Crippen LogP contribution in [0, 0.1) is 0 Å². The highest BCUT2D eigenvalue weighted by Crippen LogP contribution is 2.34. The van der Waals surface area contributed by atoms with Crippen LogP contribution in [0.5, 0.6) is 11.5 Å². The summed E-state index contributed by atoms with van der Waals surface area (Å²) in [5, 5.41) is 10.2. The van der Waals surface area contributed by atoms with E-state index in [2.05, 4.69) is 4.90 Å². The third-order valence-corrected chi connectivity index (χ3v) is 3.99. The highest BCUT2D eigenvalue weighted by molar-refractivity contribution is 5.46. The molecule has 1 unspecified atom stereocenters. The molecule has 1 aliphatic carbocycles. The lowest BCUT2D eigenvalue weighted by Crippen LogP contribution is -2.36. The molecule has 1 saturated carbocycles. The van der Waals surface area contributed by atoms with Gasteiger partial charge in [-0.3, -0.25) is 4.90 Å². The maximum Gasteiger partial charge on any atom is 0.165 e. The van der Waals surface area contributed by atoms with Crippen molar-refractivity contribution in [3.05, 3.63) is 23.8 Å². The van der Waals surface area contributed by atoms with E-state index in [9.17, 15) is 5.11 Å². The van der Waals surface area contributed by atoms with Crippen LogP contribution in [-0.2, 0) is 11.3 Å². The zero-order chi connectivity index (χ0) is 16.8. The predicted molar refractivity (Wildman–Crippen MR) is 90.1 cm³/mol. The second-order valence-corrected chi connectivity index (χ2v) is 6.35. The van der Waals surface area contributed by atoms with Gasteiger partial charge in [0, 0.05) is 24.7 Å². The molecular formula is C18H29NO4. The molecule has 2 rings (SSSR count). The third kappa shape index (κ3) is 5.37. The van der Waals surface area contributed by atoms with Gasteiger partial charge in [-0.25, -0.2) is 0 Å². The monoisotopic (exact) mass is 323 g/mol. The van der Waals surface area contributed by atoms with Gasteiger partial charge < -0.3 is 19.3 Å². The number of hydrogen-bond acceptors (Lipinski definition) is 5. The van der Waals surface area contributed by atoms with Gasteiger partial charge in [0.2, 0.25) is 0 Å². The van der Waals surface area contributed by atoms with Crippen LogP contribution in [0.4, 0.5) is 0 Å². The quantitative estimate of drug-likeness (QED) is 0.717. The molecule has 1 aromatic carbocycles. The van der Waals surface area contributed by atoms with Crippen LogP contribution in [-0.4, -0.2) is 55.6 Å². The molecule has 1 aliphatic rings. The Morgan fingerprint density at radius 1 is 1.22 bits per heavy atom. The normalized spacial score (nSPS) is 16.0. The Hall–Kier alpha value is -1.30. The molecule has 0 spiro atoms. The van der Waals surface area contributed by atoms with Crippen LogP contribution in [0.15, 0.2) is 18.2 Å². The standard InChI is InChI=1S/C18H29NO4/c1-13(2)23-12-16(20)11-19(15-8-9-15)10-14-6-5-7-17(21-3)18(14)22-4/h5-7,13,15-16,20H,8-12H2,1-4H3. The van der Waals surface area contributed by atoms with Gasteiger partial charge in [0.1, 0.15) is 0 Å². The van der Waals surface area contributed by atoms with Gasteiger partial charge in [-0.1, -0.05) is 12.1 Å². The Morgan fingerprint density at radius 2 is 1.96 bits per heavy atom. The molecule has 0 aromatic heterocycles. The molecule has 1 aromatic rings. The van der Waals surface area contributed by atoms with E-state index in [0.29, 0.717) is 19.2 Å². The zero-order valence-electron chi connectivity index (χ0n) is 14.6. The fourth-order valence-corrected chi connectivity index (χ4v) is 2.71. The zero-order valence-corrected chi connectivity index (χ0v) is 14.6. The highest BCUT2D eigenvalue weighted by atomic mass is 16.5. The molecule has 23 heavy (non-hydrogen) atoms. The van der Waals surface area contributed by atoms with Crippen LogP contribution in [0.3, 0.4) is 0 Å². The summed E-state index contributed by atoms with van der Waals surface area (Å²) >= 11 is 0. The van der Waals surface area contributed by atoms with Gasteiger partial charge in [0.05, 0.1) is 33.0 Å². The van der Waals surface area contributed by atoms with Crippen LogP contribution in [0.2, 0.25) is 0 Å². The van der Waals surface area contributed by atoms with Crippen LogP contribution in [0.1, 0.15) is 32.3 Å². The molecule has 1 atom stereocenters. The molecule has 130 valence electrons. The van der Waals surface area contributed by atoms with Gasteiger partial charge in [-0.05, 0) is 32.8 Å². The largest absolute Gasteiger partial charge is 0.493 e. The number of ether oxygens (including phenoxy) is 3. The SMILES string of the molecule is COc1cccc(CN(CC(O)COC(C)C)C2CC2)c1OC. The Balaban J connectivity index is 2.02. The Labute approximate surface area is 139 Å². The first kappa shape index (κ1) is 18.0. The number of methoxy groups -OCH3 is 2. The molecule has 1 N–H and O–H groups in total. The summed E-state index contributed by atoms with van der Waals surface area (Å²) < 4.78 is 16.4. The fraction of sp³-hybridized carbons (Fsp3) is 0.667. The Kier molecular flexibility index (Phi) is 6.69. The van der Waals surface area contributed by atoms with Crippen molar-refractivity contribution in [1.29, 1.82) is 0 Å². The van der Waals surface area contributed by atoms with E-state index in [-0.39, 0.29) is 6.10 Å². The van der Waals surface area contributed by atoms with E-state index in [1.807, 2.05) is 32.0 Å². The number of aliphatic hydroxyl groups is 1. The number of nitrogens with zero attached hydrogens (tertiary/aromatic N) is 1. The number of hydrogen-bond donors (Lipinski definition) is 1. The van der Waals surface area contributed by atoms with Crippen LogP contribution >= 0.6 is 0 Å². The molecular weight excluding hydrogens is 294 g/mol. The Morgan fingerprint density at radius 3 is 2.52 bits per heavy atom. The van der Waals surface area contributed by atoms with Gasteiger partial charge in [-0.15, -0.1) is 0 Å². The molecule has 5 nitrogen and oxygen atoms in total. The first-order valence-electron chi connectivity index (χ1n) is 8.28. The van der Waals surface area contributed by atoms with Gasteiger partial charge >= 0.3 is 0 Å². The number of benzene rings is 1. The van der Waals surface area contributed by atoms with Crippen molar-refractivity contribution in [2.45, 2.75) is 51.5 Å². The second kappa shape index (κ2) is 8.52. The van der Waals surface area contributed by atoms with Crippen molar-refractivity contribution in [2.75, 3.05) is 27.4 Å². The predicted octanol–water partition coefficient (Wildman–Crippen LogP) is 2.45. The van der Waals surface area contributed by atoms with Crippen molar-refractivity contribution in [3.8, 4) is 11.5 Å². The van der Waals surface area contributed by atoms with E-state index in [1.54, 1.807) is 14.2 Å². The number of para-hydroxylation sites is 1. The highest BCUT2D eigenvalue weighted by Gasteiger charge is 2.31. The first-order valence-corrected chi connectivity index (χ1v) is 8.28. The van der Waals surface area contributed by atoms with Crippen LogP contribution < -0.4 is 9.47 Å². The van der Waals surface area contributed by atoms with Gasteiger partial charge in [-0.2, -0.15) is 0 Å². The smallest absolute Gasteiger partial charge is 0.165 e. The average Bonchev–Trinajstić information content (AvgIpc) is 3.36. The maximum atomic E-state index is 10.2. The van der Waals surface area contributed by atoms with Crippen molar-refractivity contribution >= 4 is 0 Å². The van der Waals surface area contributed by atoms with E-state index in [4.69, 9.17) is 14.2 Å². The van der Waals surface area contributed by atoms with Crippen molar-refractivity contribution < 1.29 is 19.3 Å². The summed E-state index contributed by atoms with van der Waals surface area (Å²) in [6, 6.07) is 6.46. The van der Waals surface area contributed by atoms with E-state index >= 15 is 0 Å². The minimum Gasteiger partial charge on any atom is -0.493 e. The first-order chi connectivity index (χ1) is 11.0. The molecule has 5 heteroatoms. The summed E-state index contributed by atoms with van der Waals surface area (Å²) in [5.41, 5.74) is 1.08. The van der Waals surface area contributed by atoms with Crippen LogP contribution in [0.25, 0.3) is 0 Å². The molecule has 0 bridgehead atoms. The number of aliphatic hydroxyl groups excluding tert-OH is 1. The summed E-state index contributed by atoms with van der Waals surface area (Å²) in [4.78, 5) is 2.31. The maximum absolute atomic E-state index is 10.2. The van der Waals surface area contributed by atoms with Crippen molar-refractivity contribution in [1.82, 2.24) is 4.90 Å². The Bertz CT molecular complexity index is 488. The summed E-state index contributed by atoms with van der Waals surface area (Å²) in [6.45, 7) is 5.68. The van der Waals surface area contributed by atoms with Gasteiger partial charge in [0.15, 0.2) is 11.5 Å². The number of rotatable bonds is 10. The second-order valence-electron chi connectivity index (χ2n) is 6.35. The minimum absolute atomic E-state index is 0.137. The molecule has 0 heterocycles. The lowest BCUT2D eigenvalue weighted by atomic mass is 10.1. The average molecular weight is 323 g/mol. The van der Waals surface area contributed by atoms with E-state index in [0.717, 1.165) is 23.6 Å². The lowest BCUT2D eigenvalue weighted by Gasteiger charge is -2.26. The minimum atomic E-state index is -0.477. The third-order valence-electron chi connectivity index (χ3n) is 3.99. The molecule has 1 fully saturated rings. The van der Waals surface area contributed by atoms with E-state index in [1.165, 1.54) is 12.8 Å². The summed E-state index contributed by atoms with van der Waals surface area (Å²) in [7, 11) is 3.31. The van der Waals surface area contributed by atoms with Crippen molar-refractivity contribution in [3.63, 3.8) is 0 Å². The van der Waals surface area contributed by atoms with Gasteiger partial charge in [0.25, 0.3) is 0 Å². The molecule has 0 amide bonds.